The van der Waals surface area contributed by atoms with Crippen molar-refractivity contribution in [2.24, 2.45) is 7.05 Å². The number of benzene rings is 2. The zero-order valence-electron chi connectivity index (χ0n) is 62.7. The molecule has 0 radical (unpaired) electrons. The van der Waals surface area contributed by atoms with Crippen LogP contribution in [0.2, 0.25) is 0 Å². The molecule has 15 aromatic rings. The fourth-order valence-corrected chi connectivity index (χ4v) is 14.6. The van der Waals surface area contributed by atoms with Crippen molar-refractivity contribution in [3.8, 4) is 45.3 Å². The van der Waals surface area contributed by atoms with Gasteiger partial charge in [-0.05, 0) is 171 Å². The summed E-state index contributed by atoms with van der Waals surface area (Å²) < 4.78 is 11.7. The van der Waals surface area contributed by atoms with Gasteiger partial charge in [0.05, 0.1) is 87.8 Å². The first-order valence-electron chi connectivity index (χ1n) is 37.4. The van der Waals surface area contributed by atoms with Gasteiger partial charge in [-0.1, -0.05) is 30.4 Å². The zero-order chi connectivity index (χ0) is 77.1. The minimum atomic E-state index is -0.135. The lowest BCUT2D eigenvalue weighted by atomic mass is 10.0. The third kappa shape index (κ3) is 15.7. The normalized spacial score (nSPS) is 15.3. The molecule has 0 saturated carbocycles. The first-order valence-corrected chi connectivity index (χ1v) is 37.4. The molecule has 112 heavy (non-hydrogen) atoms. The van der Waals surface area contributed by atoms with Crippen LogP contribution in [0.25, 0.3) is 107 Å². The molecule has 0 amide bonds. The van der Waals surface area contributed by atoms with Crippen LogP contribution in [-0.2, 0) is 7.05 Å². The van der Waals surface area contributed by atoms with Crippen molar-refractivity contribution >= 4 is 78.8 Å². The molecule has 0 spiro atoms. The highest BCUT2D eigenvalue weighted by Crippen LogP contribution is 2.29. The second-order valence-electron chi connectivity index (χ2n) is 28.3. The van der Waals surface area contributed by atoms with Crippen molar-refractivity contribution in [3.05, 3.63) is 270 Å². The maximum absolute atomic E-state index is 12.8. The van der Waals surface area contributed by atoms with E-state index in [9.17, 15) is 19.2 Å². The smallest absolute Gasteiger partial charge is 0.258 e. The fourth-order valence-electron chi connectivity index (χ4n) is 14.6. The van der Waals surface area contributed by atoms with Gasteiger partial charge in [-0.15, -0.1) is 0 Å². The molecular formula is C84H83N23O5. The van der Waals surface area contributed by atoms with Gasteiger partial charge in [-0.25, -0.2) is 29.0 Å². The number of piperazine rings is 1. The summed E-state index contributed by atoms with van der Waals surface area (Å²) in [4.78, 5) is 82.8. The Balaban J connectivity index is 0.000000113. The molecular weight excluding hydrogens is 1410 g/mol. The van der Waals surface area contributed by atoms with Gasteiger partial charge in [-0.3, -0.25) is 56.3 Å². The van der Waals surface area contributed by atoms with Crippen LogP contribution in [0.3, 0.4) is 0 Å². The summed E-state index contributed by atoms with van der Waals surface area (Å²) in [6, 6.07) is 37.7. The van der Waals surface area contributed by atoms with Gasteiger partial charge in [0.2, 0.25) is 0 Å². The molecule has 13 aromatic heterocycles. The molecule has 17 heterocycles. The molecule has 0 bridgehead atoms. The van der Waals surface area contributed by atoms with E-state index in [-0.39, 0.29) is 28.8 Å². The van der Waals surface area contributed by atoms with Gasteiger partial charge in [-0.2, -0.15) is 15.3 Å². The van der Waals surface area contributed by atoms with Crippen LogP contribution in [0, 0.1) is 19.3 Å². The SMILES string of the molecule is CNc1ccc(-c2cc(=O)n3cc(C4=CCN(CCO)CC4)ccc3n2)cc1C=N.Cc1cn2nc(-c3cc(=O)n4cc(C5=CCNCC5)ccc4n3)cc2cn1.Cc1cn2nc(-c3cc(=O)n4cc(N5CCN[C@H](C)C5)ccc4n3)cc2cn1.Cn1cc2cc(-c3cc(=O)n4cc(C5=CCNCC5)ccc4n3)ccc2n1. The Bertz CT molecular complexity index is 6400. The van der Waals surface area contributed by atoms with E-state index >= 15 is 0 Å². The van der Waals surface area contributed by atoms with E-state index < -0.39 is 0 Å². The van der Waals surface area contributed by atoms with Crippen LogP contribution in [0.15, 0.2) is 215 Å². The second-order valence-corrected chi connectivity index (χ2v) is 28.3. The maximum Gasteiger partial charge on any atom is 0.258 e. The van der Waals surface area contributed by atoms with E-state index in [1.807, 2.05) is 168 Å². The lowest BCUT2D eigenvalue weighted by Gasteiger charge is -2.33. The van der Waals surface area contributed by atoms with Gasteiger partial charge in [0.1, 0.15) is 34.0 Å². The minimum absolute atomic E-state index is 0.0716. The number of aliphatic hydroxyl groups is 1. The molecule has 4 aliphatic rings. The summed E-state index contributed by atoms with van der Waals surface area (Å²) in [7, 11) is 3.71. The van der Waals surface area contributed by atoms with Crippen molar-refractivity contribution in [3.63, 3.8) is 0 Å². The van der Waals surface area contributed by atoms with E-state index in [0.29, 0.717) is 69.3 Å². The molecule has 1 atom stereocenters. The highest BCUT2D eigenvalue weighted by Gasteiger charge is 2.21. The Morgan fingerprint density at radius 1 is 0.527 bits per heavy atom. The van der Waals surface area contributed by atoms with E-state index in [1.165, 1.54) is 35.1 Å². The minimum Gasteiger partial charge on any atom is -0.395 e. The summed E-state index contributed by atoms with van der Waals surface area (Å²) in [5, 5.41) is 44.3. The summed E-state index contributed by atoms with van der Waals surface area (Å²) in [5.74, 6) is 0. The number of β-amino-alcohol motifs (C(OH)–C–C–N with tert-alkyl or cyclic N) is 1. The third-order valence-electron chi connectivity index (χ3n) is 20.5. The molecule has 564 valence electrons. The van der Waals surface area contributed by atoms with Gasteiger partial charge >= 0.3 is 0 Å². The van der Waals surface area contributed by atoms with E-state index in [4.69, 9.17) is 15.5 Å². The molecule has 28 nitrogen and oxygen atoms in total. The zero-order valence-corrected chi connectivity index (χ0v) is 62.7. The van der Waals surface area contributed by atoms with E-state index in [2.05, 4.69) is 96.4 Å². The summed E-state index contributed by atoms with van der Waals surface area (Å²) in [6.07, 6.45) is 27.3. The van der Waals surface area contributed by atoms with Crippen LogP contribution >= 0.6 is 0 Å². The topological polar surface area (TPSA) is 314 Å². The Hall–Kier alpha value is -13.1. The molecule has 1 fully saturated rings. The maximum atomic E-state index is 12.8. The Kier molecular flexibility index (Phi) is 20.8. The Morgan fingerprint density at radius 3 is 1.53 bits per heavy atom. The Morgan fingerprint density at radius 2 is 1.03 bits per heavy atom. The largest absolute Gasteiger partial charge is 0.395 e. The number of hydrogen-bond donors (Lipinski definition) is 6. The predicted octanol–water partition coefficient (Wildman–Crippen LogP) is 8.71. The number of pyridine rings is 4. The molecule has 4 aliphatic heterocycles. The summed E-state index contributed by atoms with van der Waals surface area (Å²) >= 11 is 0. The number of nitrogens with one attached hydrogen (secondary N) is 5. The number of hydrogen-bond acceptors (Lipinski definition) is 21. The average Bonchev–Trinajstić information content (AvgIpc) is 0.904. The molecule has 0 unspecified atom stereocenters. The van der Waals surface area contributed by atoms with Crippen molar-refractivity contribution in [1.82, 2.24) is 97.4 Å². The van der Waals surface area contributed by atoms with Crippen LogP contribution in [0.5, 0.6) is 0 Å². The van der Waals surface area contributed by atoms with Crippen molar-refractivity contribution in [2.75, 3.05) is 89.3 Å². The quantitative estimate of drug-likeness (QED) is 0.0623. The molecule has 0 aliphatic carbocycles. The number of rotatable bonds is 12. The monoisotopic (exact) mass is 1490 g/mol. The Labute approximate surface area is 641 Å². The van der Waals surface area contributed by atoms with Crippen LogP contribution in [-0.4, -0.2) is 178 Å². The van der Waals surface area contributed by atoms with E-state index in [0.717, 1.165) is 156 Å². The highest BCUT2D eigenvalue weighted by molar-refractivity contribution is 5.88. The van der Waals surface area contributed by atoms with Crippen LogP contribution in [0.1, 0.15) is 59.8 Å². The van der Waals surface area contributed by atoms with E-state index in [1.54, 1.807) is 55.8 Å². The molecule has 2 aromatic carbocycles. The standard InChI is InChI=1S/C23H25N5O2.C21H19N5O.C20H21N7O.C20H18N6O/c1-25-20-4-2-17(12-19(20)14-24)21-13-23(30)28-15-18(3-5-22(28)26-21)16-6-8-27(9-7-16)10-11-29;1-25-12-17-10-15(2-4-18(17)24-25)19-11-21(27)26-13-16(3-5-20(26)23-19)14-6-8-22-9-7-14;1-13-10-25(6-5-21-13)15-3-4-19-23-17(8-20(28)26(19)12-15)18-7-16-9-22-14(2)11-27(16)24-18;1-13-11-26-16(10-22-13)8-18(24-26)17-9-20(27)25-12-15(2-3-19(25)23-17)14-4-6-21-7-5-14/h2-6,12-15,24-25,29H,7-11H2,1H3;2-6,10-13,22H,7-9H2,1H3;3-4,7-9,11-13,21H,5-6,10H2,1-2H3;2-4,8-12,21H,5-7H2,1H3/t;;13-;/m..1./s1. The molecule has 1 saturated heterocycles. The number of fused-ring (bicyclic) bond motifs is 7. The number of aliphatic hydroxyl groups excluding tert-OH is 1. The molecule has 28 heteroatoms. The average molecular weight is 1490 g/mol. The highest BCUT2D eigenvalue weighted by atomic mass is 16.3. The molecule has 19 rings (SSSR count). The first kappa shape index (κ1) is 73.0. The van der Waals surface area contributed by atoms with Crippen molar-refractivity contribution in [1.29, 1.82) is 5.41 Å². The summed E-state index contributed by atoms with van der Waals surface area (Å²) in [6.45, 7) is 15.0. The summed E-state index contributed by atoms with van der Waals surface area (Å²) in [5.41, 5.74) is 21.4. The van der Waals surface area contributed by atoms with Crippen molar-refractivity contribution in [2.45, 2.75) is 46.1 Å². The van der Waals surface area contributed by atoms with Gasteiger partial charge < -0.3 is 36.7 Å². The number of anilines is 2. The van der Waals surface area contributed by atoms with Gasteiger partial charge in [0.15, 0.2) is 0 Å². The number of nitrogens with zero attached hydrogens (tertiary/aromatic N) is 18. The van der Waals surface area contributed by atoms with Crippen LogP contribution in [0.4, 0.5) is 11.4 Å². The number of aryl methyl sites for hydroxylation is 3. The second kappa shape index (κ2) is 31.8. The van der Waals surface area contributed by atoms with Crippen LogP contribution < -0.4 is 48.4 Å². The third-order valence-corrected chi connectivity index (χ3v) is 20.5. The number of aromatic nitrogens is 16. The van der Waals surface area contributed by atoms with Crippen molar-refractivity contribution < 1.29 is 5.11 Å². The molecule has 6 N–H and O–H groups in total. The fraction of sp³-hybridized carbons (Fsp3) is 0.238. The lowest BCUT2D eigenvalue weighted by Crippen LogP contribution is -2.49. The first-order chi connectivity index (χ1) is 54.5. The van der Waals surface area contributed by atoms with Gasteiger partial charge in [0.25, 0.3) is 22.2 Å². The van der Waals surface area contributed by atoms with Gasteiger partial charge in [0, 0.05) is 162 Å². The lowest BCUT2D eigenvalue weighted by molar-refractivity contribution is 0.208. The predicted molar refractivity (Wildman–Crippen MR) is 439 cm³/mol.